The Kier molecular flexibility index (Phi) is 15.3. The molecule has 0 unspecified atom stereocenters. The SMILES string of the molecule is O=C([O-])c1cccc(CN2CC[N-]CCN(Cc3cccc(C(=O)[O-])n3)CC[N-]CC2)n1.O=[N+](O)O.[Bi+3]. The number of carbonyl (C=O) groups excluding carboxylic acids is 2. The largest absolute Gasteiger partial charge is 3.00 e. The maximum atomic E-state index is 11.0. The van der Waals surface area contributed by atoms with E-state index in [1.807, 2.05) is 0 Å². The molecule has 198 valence electrons. The van der Waals surface area contributed by atoms with E-state index < -0.39 is 17.0 Å². The molecule has 0 atom stereocenters. The number of carboxylic acids is 2. The van der Waals surface area contributed by atoms with E-state index >= 15 is 0 Å². The Morgan fingerprint density at radius 2 is 1.11 bits per heavy atom. The van der Waals surface area contributed by atoms with Crippen LogP contribution in [0.4, 0.5) is 0 Å². The molecule has 0 bridgehead atoms. The molecule has 1 aliphatic rings. The molecule has 14 nitrogen and oxygen atoms in total. The van der Waals surface area contributed by atoms with Gasteiger partial charge in [0.25, 0.3) is 0 Å². The van der Waals surface area contributed by atoms with Gasteiger partial charge in [-0.25, -0.2) is 10.4 Å². The van der Waals surface area contributed by atoms with E-state index in [9.17, 15) is 19.8 Å². The first-order valence-electron chi connectivity index (χ1n) is 11.2. The van der Waals surface area contributed by atoms with E-state index in [1.165, 1.54) is 12.1 Å². The summed E-state index contributed by atoms with van der Waals surface area (Å²) in [6.45, 7) is 6.53. The molecule has 3 heterocycles. The molecule has 0 amide bonds. The average Bonchev–Trinajstić information content (AvgIpc) is 2.82. The van der Waals surface area contributed by atoms with Crippen molar-refractivity contribution >= 4 is 38.1 Å². The Bertz CT molecular complexity index is 925. The molecule has 1 saturated heterocycles. The average molecular weight is 711 g/mol. The second-order valence-electron chi connectivity index (χ2n) is 7.75. The maximum Gasteiger partial charge on any atom is 3.00 e. The van der Waals surface area contributed by atoms with Crippen LogP contribution in [0.5, 0.6) is 0 Å². The van der Waals surface area contributed by atoms with Crippen molar-refractivity contribution in [2.75, 3.05) is 52.4 Å². The molecule has 2 radical (unpaired) electrons. The molecule has 3 rings (SSSR count). The van der Waals surface area contributed by atoms with Crippen LogP contribution in [-0.2, 0) is 13.1 Å². The van der Waals surface area contributed by atoms with Crippen LogP contribution in [0.25, 0.3) is 10.6 Å². The van der Waals surface area contributed by atoms with Gasteiger partial charge in [-0.2, -0.15) is 0 Å². The van der Waals surface area contributed by atoms with Gasteiger partial charge >= 0.3 is 31.3 Å². The number of rotatable bonds is 6. The van der Waals surface area contributed by atoms with Crippen LogP contribution >= 0.6 is 0 Å². The summed E-state index contributed by atoms with van der Waals surface area (Å²) >= 11 is 0. The zero-order chi connectivity index (χ0) is 26.3. The molecule has 0 saturated carbocycles. The summed E-state index contributed by atoms with van der Waals surface area (Å²) in [6.07, 6.45) is 0. The number of aromatic nitrogens is 2. The normalized spacial score (nSPS) is 15.6. The molecule has 2 aromatic heterocycles. The number of carboxylic acid groups (broad SMARTS) is 2. The summed E-state index contributed by atoms with van der Waals surface area (Å²) < 4.78 is 0. The molecular weight excluding hydrogens is 683 g/mol. The monoisotopic (exact) mass is 711 g/mol. The smallest absolute Gasteiger partial charge is 0.660 e. The Morgan fingerprint density at radius 3 is 1.41 bits per heavy atom. The molecule has 0 spiro atoms. The summed E-state index contributed by atoms with van der Waals surface area (Å²) in [6, 6.07) is 9.80. The van der Waals surface area contributed by atoms with Crippen molar-refractivity contribution in [3.05, 3.63) is 74.7 Å². The van der Waals surface area contributed by atoms with Gasteiger partial charge in [-0.05, 0) is 50.4 Å². The van der Waals surface area contributed by atoms with Crippen molar-refractivity contribution < 1.29 is 35.3 Å². The number of pyridine rings is 2. The van der Waals surface area contributed by atoms with Gasteiger partial charge in [-0.15, -0.1) is 26.2 Å². The van der Waals surface area contributed by atoms with Gasteiger partial charge in [-0.3, -0.25) is 9.97 Å². The van der Waals surface area contributed by atoms with Crippen LogP contribution in [0.15, 0.2) is 36.4 Å². The second-order valence-corrected chi connectivity index (χ2v) is 7.75. The first-order valence-corrected chi connectivity index (χ1v) is 11.2. The van der Waals surface area contributed by atoms with Crippen molar-refractivity contribution in [1.29, 1.82) is 0 Å². The van der Waals surface area contributed by atoms with Crippen molar-refractivity contribution in [3.8, 4) is 0 Å². The van der Waals surface area contributed by atoms with Gasteiger partial charge in [-0.1, -0.05) is 12.1 Å². The van der Waals surface area contributed by atoms with E-state index in [0.29, 0.717) is 50.7 Å². The molecular formula is C22H28BiN7O7. The summed E-state index contributed by atoms with van der Waals surface area (Å²) in [4.78, 5) is 43.2. The van der Waals surface area contributed by atoms with Crippen LogP contribution in [0.1, 0.15) is 32.4 Å². The molecule has 0 aromatic carbocycles. The summed E-state index contributed by atoms with van der Waals surface area (Å²) in [7, 11) is 0. The summed E-state index contributed by atoms with van der Waals surface area (Å²) in [5, 5.41) is 43.8. The van der Waals surface area contributed by atoms with Gasteiger partial charge in [0, 0.05) is 13.1 Å². The van der Waals surface area contributed by atoms with Crippen LogP contribution in [-0.4, -0.2) is 126 Å². The first kappa shape index (κ1) is 32.2. The minimum absolute atomic E-state index is 0. The first-order chi connectivity index (χ1) is 17.2. The fourth-order valence-corrected chi connectivity index (χ4v) is 3.43. The van der Waals surface area contributed by atoms with Gasteiger partial charge in [0.1, 0.15) is 4.91 Å². The fraction of sp³-hybridized carbons (Fsp3) is 0.455. The van der Waals surface area contributed by atoms with Gasteiger partial charge in [0.2, 0.25) is 0 Å². The van der Waals surface area contributed by atoms with Crippen molar-refractivity contribution in [3.63, 3.8) is 0 Å². The number of hydrogen-bond acceptors (Lipinski definition) is 9. The van der Waals surface area contributed by atoms with Crippen LogP contribution in [0.3, 0.4) is 0 Å². The van der Waals surface area contributed by atoms with E-state index in [2.05, 4.69) is 30.4 Å². The minimum Gasteiger partial charge on any atom is -0.660 e. The third kappa shape index (κ3) is 13.3. The summed E-state index contributed by atoms with van der Waals surface area (Å²) in [5.74, 6) is -2.56. The molecule has 37 heavy (non-hydrogen) atoms. The maximum absolute atomic E-state index is 11.0. The van der Waals surface area contributed by atoms with Gasteiger partial charge in [0.15, 0.2) is 0 Å². The fourth-order valence-electron chi connectivity index (χ4n) is 3.43. The van der Waals surface area contributed by atoms with Crippen molar-refractivity contribution in [2.45, 2.75) is 13.1 Å². The van der Waals surface area contributed by atoms with Crippen molar-refractivity contribution in [1.82, 2.24) is 19.8 Å². The molecule has 2 aromatic rings. The third-order valence-corrected chi connectivity index (χ3v) is 5.10. The van der Waals surface area contributed by atoms with E-state index in [1.54, 1.807) is 24.3 Å². The van der Waals surface area contributed by atoms with Crippen molar-refractivity contribution in [2.24, 2.45) is 0 Å². The van der Waals surface area contributed by atoms with Crippen LogP contribution in [0.2, 0.25) is 0 Å². The summed E-state index contributed by atoms with van der Waals surface area (Å²) in [5.41, 5.74) is 1.23. The number of carbonyl (C=O) groups is 2. The number of aromatic carboxylic acids is 2. The number of hydrogen-bond donors (Lipinski definition) is 2. The molecule has 15 heteroatoms. The molecule has 1 fully saturated rings. The minimum atomic E-state index is -1.28. The topological polar surface area (TPSA) is 201 Å². The predicted octanol–water partition coefficient (Wildman–Crippen LogP) is -1.57. The molecule has 0 aliphatic carbocycles. The van der Waals surface area contributed by atoms with Gasteiger partial charge in [0.05, 0.1) is 34.7 Å². The Hall–Kier alpha value is -2.84. The Morgan fingerprint density at radius 1 is 0.784 bits per heavy atom. The zero-order valence-corrected chi connectivity index (χ0v) is 23.5. The third-order valence-electron chi connectivity index (χ3n) is 5.10. The second kappa shape index (κ2) is 17.6. The van der Waals surface area contributed by atoms with E-state index in [-0.39, 0.29) is 37.6 Å². The standard InChI is InChI=1S/C22H28N6O4.Bi.H2NO3/c29-21(30)19-5-1-3-17(25-19)15-27-11-7-23-9-13-28(14-10-24-8-12-27)16-18-4-2-6-20(26-18)22(31)32;;2-1(3)4/h1-6H,7-16H2,(H,29,30)(H,31,32);;(H2,2,3,4)/q-2;+3;+1/p-2. The van der Waals surface area contributed by atoms with Gasteiger partial charge < -0.3 is 40.2 Å². The number of nitrogens with zero attached hydrogens (tertiary/aromatic N) is 7. The predicted molar refractivity (Wildman–Crippen MR) is 127 cm³/mol. The quantitative estimate of drug-likeness (QED) is 0.259. The van der Waals surface area contributed by atoms with Crippen LogP contribution in [0, 0.1) is 4.91 Å². The van der Waals surface area contributed by atoms with E-state index in [0.717, 1.165) is 26.2 Å². The molecule has 1 aliphatic heterocycles. The van der Waals surface area contributed by atoms with Crippen LogP contribution < -0.4 is 10.2 Å². The zero-order valence-electron chi connectivity index (χ0n) is 20.0. The molecule has 2 N–H and O–H groups in total. The Labute approximate surface area is 232 Å². The Balaban J connectivity index is 0.00000127. The van der Waals surface area contributed by atoms with E-state index in [4.69, 9.17) is 15.3 Å².